The Labute approximate surface area is 73.0 Å². The Bertz CT molecular complexity index is 110. The summed E-state index contributed by atoms with van der Waals surface area (Å²) >= 11 is 1.90. The van der Waals surface area contributed by atoms with Crippen LogP contribution in [0.5, 0.6) is 0 Å². The SMILES string of the molecule is CSCCCN1CC[C@H](O)C1. The van der Waals surface area contributed by atoms with Crippen molar-refractivity contribution in [1.82, 2.24) is 4.90 Å². The molecule has 0 aromatic carbocycles. The molecule has 1 rings (SSSR count). The highest BCUT2D eigenvalue weighted by molar-refractivity contribution is 7.98. The molecule has 1 heterocycles. The molecule has 1 aliphatic heterocycles. The lowest BCUT2D eigenvalue weighted by molar-refractivity contribution is 0.176. The van der Waals surface area contributed by atoms with E-state index in [1.807, 2.05) is 11.8 Å². The number of likely N-dealkylation sites (tertiary alicyclic amines) is 1. The van der Waals surface area contributed by atoms with Crippen molar-refractivity contribution >= 4 is 11.8 Å². The van der Waals surface area contributed by atoms with E-state index in [0.29, 0.717) is 0 Å². The quantitative estimate of drug-likeness (QED) is 0.640. The van der Waals surface area contributed by atoms with Crippen LogP contribution < -0.4 is 0 Å². The highest BCUT2D eigenvalue weighted by atomic mass is 32.2. The normalized spacial score (nSPS) is 26.2. The standard InChI is InChI=1S/C8H17NOS/c1-11-6-2-4-9-5-3-8(10)7-9/h8,10H,2-7H2,1H3/t8-/m0/s1. The fourth-order valence-electron chi connectivity index (χ4n) is 1.45. The van der Waals surface area contributed by atoms with Crippen molar-refractivity contribution in [2.24, 2.45) is 0 Å². The molecule has 66 valence electrons. The molecular formula is C8H17NOS. The van der Waals surface area contributed by atoms with Crippen molar-refractivity contribution in [1.29, 1.82) is 0 Å². The third-order valence-corrected chi connectivity index (χ3v) is 2.77. The van der Waals surface area contributed by atoms with Gasteiger partial charge in [-0.15, -0.1) is 0 Å². The minimum absolute atomic E-state index is 0.0516. The molecule has 0 unspecified atom stereocenters. The van der Waals surface area contributed by atoms with Gasteiger partial charge in [0.2, 0.25) is 0 Å². The summed E-state index contributed by atoms with van der Waals surface area (Å²) < 4.78 is 0. The first-order chi connectivity index (χ1) is 5.33. The number of rotatable bonds is 4. The minimum Gasteiger partial charge on any atom is -0.392 e. The van der Waals surface area contributed by atoms with Crippen molar-refractivity contribution in [2.45, 2.75) is 18.9 Å². The molecule has 0 aromatic heterocycles. The topological polar surface area (TPSA) is 23.5 Å². The Morgan fingerprint density at radius 3 is 3.00 bits per heavy atom. The van der Waals surface area contributed by atoms with Gasteiger partial charge >= 0.3 is 0 Å². The number of aliphatic hydroxyl groups excluding tert-OH is 1. The largest absolute Gasteiger partial charge is 0.392 e. The van der Waals surface area contributed by atoms with E-state index in [0.717, 1.165) is 26.1 Å². The van der Waals surface area contributed by atoms with Crippen LogP contribution in [-0.4, -0.2) is 47.8 Å². The van der Waals surface area contributed by atoms with Crippen LogP contribution in [0.2, 0.25) is 0 Å². The zero-order valence-corrected chi connectivity index (χ0v) is 7.94. The Morgan fingerprint density at radius 1 is 1.64 bits per heavy atom. The van der Waals surface area contributed by atoms with E-state index in [1.165, 1.54) is 12.2 Å². The van der Waals surface area contributed by atoms with E-state index in [2.05, 4.69) is 11.2 Å². The summed E-state index contributed by atoms with van der Waals surface area (Å²) in [7, 11) is 0. The van der Waals surface area contributed by atoms with E-state index < -0.39 is 0 Å². The van der Waals surface area contributed by atoms with Gasteiger partial charge in [-0.1, -0.05) is 0 Å². The first-order valence-corrected chi connectivity index (χ1v) is 5.61. The predicted octanol–water partition coefficient (Wildman–Crippen LogP) is 0.806. The average molecular weight is 175 g/mol. The van der Waals surface area contributed by atoms with Gasteiger partial charge in [-0.2, -0.15) is 11.8 Å². The predicted molar refractivity (Wildman–Crippen MR) is 50.1 cm³/mol. The molecule has 0 radical (unpaired) electrons. The van der Waals surface area contributed by atoms with Crippen LogP contribution in [-0.2, 0) is 0 Å². The first-order valence-electron chi connectivity index (χ1n) is 4.22. The maximum atomic E-state index is 9.21. The van der Waals surface area contributed by atoms with Gasteiger partial charge in [-0.05, 0) is 31.4 Å². The smallest absolute Gasteiger partial charge is 0.0679 e. The lowest BCUT2D eigenvalue weighted by Gasteiger charge is -2.13. The molecule has 1 fully saturated rings. The van der Waals surface area contributed by atoms with Crippen LogP contribution in [0, 0.1) is 0 Å². The molecule has 0 saturated carbocycles. The summed E-state index contributed by atoms with van der Waals surface area (Å²) in [4.78, 5) is 2.35. The third kappa shape index (κ3) is 3.45. The average Bonchev–Trinajstić information content (AvgIpc) is 2.37. The Morgan fingerprint density at radius 2 is 2.45 bits per heavy atom. The highest BCUT2D eigenvalue weighted by Gasteiger charge is 2.18. The van der Waals surface area contributed by atoms with Crippen molar-refractivity contribution in [2.75, 3.05) is 31.6 Å². The number of hydrogen-bond acceptors (Lipinski definition) is 3. The summed E-state index contributed by atoms with van der Waals surface area (Å²) in [5, 5.41) is 9.21. The maximum Gasteiger partial charge on any atom is 0.0679 e. The van der Waals surface area contributed by atoms with Gasteiger partial charge in [0.15, 0.2) is 0 Å². The molecule has 0 aliphatic carbocycles. The summed E-state index contributed by atoms with van der Waals surface area (Å²) in [6.07, 6.45) is 4.32. The van der Waals surface area contributed by atoms with E-state index in [4.69, 9.17) is 0 Å². The fourth-order valence-corrected chi connectivity index (χ4v) is 1.87. The number of aliphatic hydroxyl groups is 1. The second kappa shape index (κ2) is 5.01. The second-order valence-corrected chi connectivity index (χ2v) is 4.08. The summed E-state index contributed by atoms with van der Waals surface area (Å²) in [5.74, 6) is 1.24. The summed E-state index contributed by atoms with van der Waals surface area (Å²) in [5.41, 5.74) is 0. The van der Waals surface area contributed by atoms with Gasteiger partial charge in [0.05, 0.1) is 6.10 Å². The van der Waals surface area contributed by atoms with Gasteiger partial charge in [0.1, 0.15) is 0 Å². The molecule has 1 aliphatic rings. The van der Waals surface area contributed by atoms with Crippen molar-refractivity contribution < 1.29 is 5.11 Å². The number of nitrogens with zero attached hydrogens (tertiary/aromatic N) is 1. The van der Waals surface area contributed by atoms with Crippen LogP contribution in [0.4, 0.5) is 0 Å². The van der Waals surface area contributed by atoms with Crippen LogP contribution in [0.25, 0.3) is 0 Å². The lowest BCUT2D eigenvalue weighted by Crippen LogP contribution is -2.23. The minimum atomic E-state index is -0.0516. The maximum absolute atomic E-state index is 9.21. The molecule has 0 bridgehead atoms. The van der Waals surface area contributed by atoms with Crippen LogP contribution >= 0.6 is 11.8 Å². The monoisotopic (exact) mass is 175 g/mol. The van der Waals surface area contributed by atoms with Crippen molar-refractivity contribution in [3.8, 4) is 0 Å². The van der Waals surface area contributed by atoms with Crippen LogP contribution in [0.1, 0.15) is 12.8 Å². The van der Waals surface area contributed by atoms with Gasteiger partial charge in [-0.3, -0.25) is 0 Å². The zero-order chi connectivity index (χ0) is 8.10. The molecule has 0 spiro atoms. The molecule has 1 atom stereocenters. The Hall–Kier alpha value is 0.270. The van der Waals surface area contributed by atoms with E-state index in [9.17, 15) is 5.11 Å². The molecule has 1 saturated heterocycles. The molecule has 0 aromatic rings. The van der Waals surface area contributed by atoms with Gasteiger partial charge in [-0.25, -0.2) is 0 Å². The lowest BCUT2D eigenvalue weighted by atomic mass is 10.3. The van der Waals surface area contributed by atoms with E-state index in [1.54, 1.807) is 0 Å². The van der Waals surface area contributed by atoms with Gasteiger partial charge in [0, 0.05) is 13.1 Å². The summed E-state index contributed by atoms with van der Waals surface area (Å²) in [6, 6.07) is 0. The van der Waals surface area contributed by atoms with Crippen molar-refractivity contribution in [3.63, 3.8) is 0 Å². The third-order valence-electron chi connectivity index (χ3n) is 2.07. The van der Waals surface area contributed by atoms with Gasteiger partial charge < -0.3 is 10.0 Å². The molecule has 1 N–H and O–H groups in total. The van der Waals surface area contributed by atoms with Crippen molar-refractivity contribution in [3.05, 3.63) is 0 Å². The van der Waals surface area contributed by atoms with Gasteiger partial charge in [0.25, 0.3) is 0 Å². The number of β-amino-alcohol motifs (C(OH)–C–C–N with tert-alkyl or cyclic N) is 1. The molecule has 0 amide bonds. The molecular weight excluding hydrogens is 158 g/mol. The van der Waals surface area contributed by atoms with Crippen LogP contribution in [0.3, 0.4) is 0 Å². The zero-order valence-electron chi connectivity index (χ0n) is 7.12. The number of thioether (sulfide) groups is 1. The second-order valence-electron chi connectivity index (χ2n) is 3.09. The molecule has 11 heavy (non-hydrogen) atoms. The fraction of sp³-hybridized carbons (Fsp3) is 1.00. The van der Waals surface area contributed by atoms with E-state index >= 15 is 0 Å². The summed E-state index contributed by atoms with van der Waals surface area (Å²) in [6.45, 7) is 3.15. The Balaban J connectivity index is 1.99. The van der Waals surface area contributed by atoms with E-state index in [-0.39, 0.29) is 6.10 Å². The highest BCUT2D eigenvalue weighted by Crippen LogP contribution is 2.09. The number of hydrogen-bond donors (Lipinski definition) is 1. The Kier molecular flexibility index (Phi) is 4.26. The molecule has 2 nitrogen and oxygen atoms in total. The van der Waals surface area contributed by atoms with Crippen LogP contribution in [0.15, 0.2) is 0 Å². The first kappa shape index (κ1) is 9.36. The molecule has 3 heteroatoms.